The van der Waals surface area contributed by atoms with Gasteiger partial charge in [0.05, 0.1) is 17.7 Å². The number of methoxy groups -OCH3 is 1. The third-order valence-electron chi connectivity index (χ3n) is 5.42. The van der Waals surface area contributed by atoms with E-state index in [-0.39, 0.29) is 11.1 Å². The predicted octanol–water partition coefficient (Wildman–Crippen LogP) is 0.620. The van der Waals surface area contributed by atoms with E-state index in [2.05, 4.69) is 10.2 Å². The molecule has 1 aliphatic rings. The number of carbonyl (C=O) groups is 1. The quantitative estimate of drug-likeness (QED) is 0.376. The number of rotatable bonds is 10. The molecular weight excluding hydrogens is 472 g/mol. The summed E-state index contributed by atoms with van der Waals surface area (Å²) >= 11 is 2.82. The fourth-order valence-corrected chi connectivity index (χ4v) is 5.10. The van der Waals surface area contributed by atoms with Crippen molar-refractivity contribution in [2.75, 3.05) is 59.4 Å². The third-order valence-corrected chi connectivity index (χ3v) is 7.30. The van der Waals surface area contributed by atoms with E-state index in [1.54, 1.807) is 24.9 Å². The Morgan fingerprint density at radius 3 is 2.68 bits per heavy atom. The number of hydrogen-bond acceptors (Lipinski definition) is 8. The summed E-state index contributed by atoms with van der Waals surface area (Å²) in [5.74, 6) is -0.464. The molecule has 1 saturated heterocycles. The van der Waals surface area contributed by atoms with Crippen molar-refractivity contribution >= 4 is 40.7 Å². The van der Waals surface area contributed by atoms with Crippen molar-refractivity contribution in [2.45, 2.75) is 17.9 Å². The minimum atomic E-state index is -0.464. The molecule has 1 amide bonds. The Morgan fingerprint density at radius 2 is 2.03 bits per heavy atom. The van der Waals surface area contributed by atoms with Crippen molar-refractivity contribution in [2.24, 2.45) is 0 Å². The van der Waals surface area contributed by atoms with Crippen LogP contribution in [0.25, 0.3) is 11.6 Å². The average Bonchev–Trinajstić information content (AvgIpc) is 3.15. The van der Waals surface area contributed by atoms with Crippen LogP contribution in [0.3, 0.4) is 0 Å². The van der Waals surface area contributed by atoms with E-state index in [1.165, 1.54) is 15.9 Å². The van der Waals surface area contributed by atoms with E-state index < -0.39 is 5.91 Å². The molecule has 8 nitrogen and oxygen atoms in total. The second-order valence-electron chi connectivity index (χ2n) is 7.69. The minimum Gasteiger partial charge on any atom is -0.385 e. The van der Waals surface area contributed by atoms with Gasteiger partial charge in [0.2, 0.25) is 0 Å². The van der Waals surface area contributed by atoms with Crippen LogP contribution in [0.4, 0.5) is 0 Å². The number of nitrogens with one attached hydrogen (secondary N) is 1. The Balaban J connectivity index is 1.92. The molecule has 1 aliphatic heterocycles. The maximum absolute atomic E-state index is 13.2. The largest absolute Gasteiger partial charge is 0.385 e. The molecule has 1 aromatic heterocycles. The number of nitriles is 1. The molecular formula is C24H30N4O4S2. The summed E-state index contributed by atoms with van der Waals surface area (Å²) in [7, 11) is 1.60. The summed E-state index contributed by atoms with van der Waals surface area (Å²) in [6, 6.07) is 9.93. The van der Waals surface area contributed by atoms with E-state index in [0.717, 1.165) is 23.5 Å². The van der Waals surface area contributed by atoms with Gasteiger partial charge in [-0.3, -0.25) is 19.1 Å². The number of amides is 1. The average molecular weight is 503 g/mol. The molecule has 0 aliphatic carbocycles. The van der Waals surface area contributed by atoms with Crippen molar-refractivity contribution < 1.29 is 14.3 Å². The van der Waals surface area contributed by atoms with Gasteiger partial charge < -0.3 is 14.8 Å². The lowest BCUT2D eigenvalue weighted by Gasteiger charge is -2.26. The van der Waals surface area contributed by atoms with Gasteiger partial charge in [0, 0.05) is 51.3 Å². The first-order valence-corrected chi connectivity index (χ1v) is 13.2. The van der Waals surface area contributed by atoms with Crippen molar-refractivity contribution in [3.63, 3.8) is 0 Å². The Labute approximate surface area is 207 Å². The van der Waals surface area contributed by atoms with Gasteiger partial charge in [-0.1, -0.05) is 12.1 Å². The molecule has 3 rings (SSSR count). The molecule has 0 saturated carbocycles. The molecule has 2 heterocycles. The number of carbonyl (C=O) groups excluding carboxylic acids is 1. The fraction of sp³-hybridized carbons (Fsp3) is 0.458. The minimum absolute atomic E-state index is 0.0427. The second kappa shape index (κ2) is 13.5. The van der Waals surface area contributed by atoms with Crippen molar-refractivity contribution in [1.82, 2.24) is 14.8 Å². The van der Waals surface area contributed by atoms with E-state index in [9.17, 15) is 14.9 Å². The van der Waals surface area contributed by atoms with Crippen LogP contribution >= 0.6 is 23.1 Å². The lowest BCUT2D eigenvalue weighted by atomic mass is 10.2. The number of ether oxygens (including phenoxy) is 2. The molecule has 10 heteroatoms. The first-order valence-electron chi connectivity index (χ1n) is 11.1. The van der Waals surface area contributed by atoms with E-state index in [0.29, 0.717) is 55.1 Å². The zero-order valence-electron chi connectivity index (χ0n) is 19.5. The van der Waals surface area contributed by atoms with E-state index >= 15 is 0 Å². The maximum atomic E-state index is 13.2. The molecule has 0 spiro atoms. The molecule has 182 valence electrons. The normalized spacial score (nSPS) is 15.7. The van der Waals surface area contributed by atoms with Crippen LogP contribution in [-0.4, -0.2) is 74.7 Å². The molecule has 0 unspecified atom stereocenters. The van der Waals surface area contributed by atoms with E-state index in [1.807, 2.05) is 36.6 Å². The van der Waals surface area contributed by atoms with Gasteiger partial charge in [0.1, 0.15) is 10.7 Å². The number of hydrogen-bond donors (Lipinski definition) is 1. The summed E-state index contributed by atoms with van der Waals surface area (Å²) in [6.07, 6.45) is 4.41. The molecule has 0 atom stereocenters. The Morgan fingerprint density at radius 1 is 1.29 bits per heavy atom. The molecule has 34 heavy (non-hydrogen) atoms. The highest BCUT2D eigenvalue weighted by molar-refractivity contribution is 7.98. The zero-order valence-corrected chi connectivity index (χ0v) is 21.2. The topological polar surface area (TPSA) is 96.6 Å². The molecule has 0 radical (unpaired) electrons. The van der Waals surface area contributed by atoms with Crippen LogP contribution < -0.4 is 20.1 Å². The number of benzene rings is 1. The van der Waals surface area contributed by atoms with Crippen LogP contribution in [0.1, 0.15) is 12.0 Å². The molecule has 1 fully saturated rings. The highest BCUT2D eigenvalue weighted by atomic mass is 32.2. The van der Waals surface area contributed by atoms with Gasteiger partial charge in [-0.25, -0.2) is 0 Å². The first-order chi connectivity index (χ1) is 16.6. The van der Waals surface area contributed by atoms with Crippen LogP contribution in [-0.2, 0) is 20.8 Å². The summed E-state index contributed by atoms with van der Waals surface area (Å²) in [5, 5.41) is 12.7. The Bertz CT molecular complexity index is 1180. The van der Waals surface area contributed by atoms with Crippen LogP contribution in [0.5, 0.6) is 0 Å². The maximum Gasteiger partial charge on any atom is 0.269 e. The van der Waals surface area contributed by atoms with Gasteiger partial charge in [-0.2, -0.15) is 5.26 Å². The molecule has 0 bridgehead atoms. The molecule has 1 aromatic carbocycles. The third kappa shape index (κ3) is 7.04. The Kier molecular flexibility index (Phi) is 10.4. The van der Waals surface area contributed by atoms with Crippen molar-refractivity contribution in [3.8, 4) is 6.07 Å². The highest BCUT2D eigenvalue weighted by Crippen LogP contribution is 2.15. The van der Waals surface area contributed by atoms with Gasteiger partial charge in [-0.15, -0.1) is 23.1 Å². The van der Waals surface area contributed by atoms with Crippen LogP contribution in [0, 0.1) is 11.3 Å². The zero-order chi connectivity index (χ0) is 24.3. The lowest BCUT2D eigenvalue weighted by molar-refractivity contribution is -0.115. The fourth-order valence-electron chi connectivity index (χ4n) is 3.56. The number of thioether (sulfide) groups is 1. The highest BCUT2D eigenvalue weighted by Gasteiger charge is 2.17. The van der Waals surface area contributed by atoms with Crippen LogP contribution in [0.15, 0.2) is 34.0 Å². The van der Waals surface area contributed by atoms with Crippen LogP contribution in [0.2, 0.25) is 0 Å². The van der Waals surface area contributed by atoms with Crippen molar-refractivity contribution in [1.29, 1.82) is 5.26 Å². The SMILES string of the molecule is COCCCn1c(=O)/c(=C/c2ccc(SC)cc2)s/c1=C(\C#N)C(=O)NCCN1CCOCC1. The lowest BCUT2D eigenvalue weighted by Crippen LogP contribution is -2.42. The molecule has 1 N–H and O–H groups in total. The summed E-state index contributed by atoms with van der Waals surface area (Å²) < 4.78 is 12.8. The number of thiazole rings is 1. The first kappa shape index (κ1) is 26.2. The number of aromatic nitrogens is 1. The Hall–Kier alpha value is -2.42. The van der Waals surface area contributed by atoms with Gasteiger partial charge in [-0.05, 0) is 36.4 Å². The van der Waals surface area contributed by atoms with Gasteiger partial charge in [0.25, 0.3) is 11.5 Å². The number of morpholine rings is 1. The van der Waals surface area contributed by atoms with Gasteiger partial charge >= 0.3 is 0 Å². The molecule has 2 aromatic rings. The predicted molar refractivity (Wildman–Crippen MR) is 135 cm³/mol. The van der Waals surface area contributed by atoms with E-state index in [4.69, 9.17) is 9.47 Å². The summed E-state index contributed by atoms with van der Waals surface area (Å²) in [5.41, 5.74) is 0.637. The van der Waals surface area contributed by atoms with Crippen molar-refractivity contribution in [3.05, 3.63) is 49.4 Å². The smallest absolute Gasteiger partial charge is 0.269 e. The number of nitrogens with zero attached hydrogens (tertiary/aromatic N) is 3. The summed E-state index contributed by atoms with van der Waals surface area (Å²) in [6.45, 7) is 4.97. The monoisotopic (exact) mass is 502 g/mol. The van der Waals surface area contributed by atoms with Gasteiger partial charge in [0.15, 0.2) is 5.57 Å². The summed E-state index contributed by atoms with van der Waals surface area (Å²) in [4.78, 5) is 29.4. The standard InChI is InChI=1S/C24H30N4O4S2/c1-31-13-3-9-28-23(30)21(16-18-4-6-19(33-2)7-5-18)34-24(28)20(17-25)22(29)26-8-10-27-11-14-32-15-12-27/h4-7,16H,3,8-15H2,1-2H3,(H,26,29)/b21-16-,24-20+. The second-order valence-corrected chi connectivity index (χ2v) is 9.60.